The Hall–Kier alpha value is -3.57. The van der Waals surface area contributed by atoms with Gasteiger partial charge in [-0.05, 0) is 57.4 Å². The minimum absolute atomic E-state index is 0.00841. The van der Waals surface area contributed by atoms with Crippen LogP contribution in [-0.4, -0.2) is 27.9 Å². The first-order valence-corrected chi connectivity index (χ1v) is 12.4. The first kappa shape index (κ1) is 25.5. The third kappa shape index (κ3) is 5.47. The normalized spacial score (nSPS) is 11.2. The van der Waals surface area contributed by atoms with Gasteiger partial charge in [-0.15, -0.1) is 0 Å². The molecule has 0 radical (unpaired) electrons. The van der Waals surface area contributed by atoms with Crippen LogP contribution in [0.2, 0.25) is 0 Å². The first-order valence-electron chi connectivity index (χ1n) is 10.8. The van der Waals surface area contributed by atoms with E-state index in [0.29, 0.717) is 50.2 Å². The molecule has 9 nitrogen and oxygen atoms in total. The zero-order chi connectivity index (χ0) is 25.8. The number of nitro benzene ring substituents is 1. The molecule has 0 N–H and O–H groups in total. The number of non-ortho nitro benzene ring substituents is 1. The van der Waals surface area contributed by atoms with Gasteiger partial charge in [0.2, 0.25) is 0 Å². The van der Waals surface area contributed by atoms with E-state index in [1.54, 1.807) is 42.6 Å². The number of aryl methyl sites for hydroxylation is 1. The van der Waals surface area contributed by atoms with Gasteiger partial charge in [-0.1, -0.05) is 35.0 Å². The predicted octanol–water partition coefficient (Wildman–Crippen LogP) is 5.86. The quantitative estimate of drug-likeness (QED) is 0.139. The number of methoxy groups -OCH3 is 1. The van der Waals surface area contributed by atoms with Gasteiger partial charge in [0.25, 0.3) is 11.2 Å². The minimum Gasteiger partial charge on any atom is -0.493 e. The van der Waals surface area contributed by atoms with Gasteiger partial charge in [0.15, 0.2) is 11.5 Å². The van der Waals surface area contributed by atoms with Crippen molar-refractivity contribution in [1.82, 2.24) is 9.66 Å². The van der Waals surface area contributed by atoms with Gasteiger partial charge in [0, 0.05) is 23.0 Å². The highest BCUT2D eigenvalue weighted by molar-refractivity contribution is 9.10. The topological polar surface area (TPSA) is 109 Å². The Labute approximate surface area is 222 Å². The van der Waals surface area contributed by atoms with Crippen LogP contribution in [-0.2, 0) is 13.0 Å². The number of nitrogens with zero attached hydrogens (tertiary/aromatic N) is 4. The van der Waals surface area contributed by atoms with Crippen molar-refractivity contribution in [2.45, 2.75) is 20.0 Å². The Balaban J connectivity index is 1.64. The molecule has 4 rings (SSSR count). The van der Waals surface area contributed by atoms with Crippen molar-refractivity contribution in [3.05, 3.63) is 101 Å². The molecule has 1 aromatic heterocycles. The highest BCUT2D eigenvalue weighted by atomic mass is 79.9. The van der Waals surface area contributed by atoms with Crippen molar-refractivity contribution < 1.29 is 14.4 Å². The zero-order valence-electron chi connectivity index (χ0n) is 19.3. The molecule has 0 aliphatic rings. The monoisotopic (exact) mass is 614 g/mol. The van der Waals surface area contributed by atoms with Crippen LogP contribution >= 0.6 is 31.9 Å². The van der Waals surface area contributed by atoms with Crippen molar-refractivity contribution in [1.29, 1.82) is 0 Å². The van der Waals surface area contributed by atoms with Gasteiger partial charge in [-0.25, -0.2) is 4.98 Å². The van der Waals surface area contributed by atoms with Crippen LogP contribution in [0.25, 0.3) is 10.9 Å². The fourth-order valence-corrected chi connectivity index (χ4v) is 4.47. The van der Waals surface area contributed by atoms with Gasteiger partial charge in [0.1, 0.15) is 12.4 Å². The lowest BCUT2D eigenvalue weighted by Crippen LogP contribution is -2.22. The maximum atomic E-state index is 13.1. The number of aromatic nitrogens is 2. The number of halogens is 2. The fraction of sp³-hybridized carbons (Fsp3) is 0.160. The average Bonchev–Trinajstić information content (AvgIpc) is 2.87. The van der Waals surface area contributed by atoms with Crippen molar-refractivity contribution >= 4 is 54.7 Å². The van der Waals surface area contributed by atoms with E-state index in [0.717, 1.165) is 4.47 Å². The van der Waals surface area contributed by atoms with Gasteiger partial charge >= 0.3 is 0 Å². The summed E-state index contributed by atoms with van der Waals surface area (Å²) in [6, 6.07) is 15.1. The molecule has 4 aromatic rings. The molecule has 0 aliphatic heterocycles. The van der Waals surface area contributed by atoms with E-state index in [2.05, 4.69) is 41.9 Å². The molecular formula is C25H20Br2N4O5. The van der Waals surface area contributed by atoms with E-state index in [1.807, 2.05) is 13.0 Å². The summed E-state index contributed by atoms with van der Waals surface area (Å²) in [5, 5.41) is 15.9. The summed E-state index contributed by atoms with van der Waals surface area (Å²) < 4.78 is 14.1. The Morgan fingerprint density at radius 1 is 1.17 bits per heavy atom. The highest BCUT2D eigenvalue weighted by Gasteiger charge is 2.14. The SMILES string of the molecule is CCc1nc2ccc(Br)cc2c(=O)n1N=Cc1cc(Br)c(OCc2cccc([N+](=O)[O-])c2)c(OC)c1. The zero-order valence-corrected chi connectivity index (χ0v) is 22.4. The van der Waals surface area contributed by atoms with E-state index in [4.69, 9.17) is 9.47 Å². The van der Waals surface area contributed by atoms with Crippen molar-refractivity contribution in [2.24, 2.45) is 5.10 Å². The molecule has 3 aromatic carbocycles. The van der Waals surface area contributed by atoms with Gasteiger partial charge in [0.05, 0.1) is 33.6 Å². The standard InChI is InChI=1S/C25H20Br2N4O5/c1-3-23-29-21-8-7-17(26)12-19(21)25(32)30(23)28-13-16-10-20(27)24(22(11-16)35-2)36-14-15-5-4-6-18(9-15)31(33)34/h4-13H,3,14H2,1-2H3. The second kappa shape index (κ2) is 11.0. The number of benzene rings is 3. The lowest BCUT2D eigenvalue weighted by Gasteiger charge is -2.14. The molecule has 184 valence electrons. The first-order chi connectivity index (χ1) is 17.3. The lowest BCUT2D eigenvalue weighted by molar-refractivity contribution is -0.384. The molecule has 11 heteroatoms. The molecule has 36 heavy (non-hydrogen) atoms. The van der Waals surface area contributed by atoms with E-state index in [-0.39, 0.29) is 17.9 Å². The molecular weight excluding hydrogens is 596 g/mol. The summed E-state index contributed by atoms with van der Waals surface area (Å²) in [5.41, 5.74) is 1.64. The lowest BCUT2D eigenvalue weighted by atomic mass is 10.2. The molecule has 0 spiro atoms. The molecule has 0 saturated carbocycles. The number of ether oxygens (including phenoxy) is 2. The molecule has 0 atom stereocenters. The Morgan fingerprint density at radius 3 is 2.69 bits per heavy atom. The minimum atomic E-state index is -0.451. The number of hydrogen-bond acceptors (Lipinski definition) is 7. The third-order valence-electron chi connectivity index (χ3n) is 5.27. The van der Waals surface area contributed by atoms with Crippen LogP contribution in [0.15, 0.2) is 73.4 Å². The fourth-order valence-electron chi connectivity index (χ4n) is 3.54. The molecule has 0 saturated heterocycles. The smallest absolute Gasteiger partial charge is 0.282 e. The Bertz CT molecular complexity index is 1550. The Morgan fingerprint density at radius 2 is 1.97 bits per heavy atom. The van der Waals surface area contributed by atoms with Crippen LogP contribution in [0, 0.1) is 10.1 Å². The predicted molar refractivity (Wildman–Crippen MR) is 144 cm³/mol. The summed E-state index contributed by atoms with van der Waals surface area (Å²) in [5.74, 6) is 1.40. The van der Waals surface area contributed by atoms with Crippen LogP contribution in [0.4, 0.5) is 5.69 Å². The van der Waals surface area contributed by atoms with Gasteiger partial charge in [-0.2, -0.15) is 9.78 Å². The van der Waals surface area contributed by atoms with Crippen LogP contribution in [0.1, 0.15) is 23.9 Å². The maximum absolute atomic E-state index is 13.1. The average molecular weight is 616 g/mol. The third-order valence-corrected chi connectivity index (χ3v) is 6.35. The molecule has 0 fully saturated rings. The van der Waals surface area contributed by atoms with Crippen LogP contribution in [0.3, 0.4) is 0 Å². The maximum Gasteiger partial charge on any atom is 0.282 e. The number of hydrogen-bond donors (Lipinski definition) is 0. The summed E-state index contributed by atoms with van der Waals surface area (Å²) in [7, 11) is 1.51. The van der Waals surface area contributed by atoms with Crippen LogP contribution < -0.4 is 15.0 Å². The summed E-state index contributed by atoms with van der Waals surface area (Å²) in [6.07, 6.45) is 2.07. The van der Waals surface area contributed by atoms with E-state index in [9.17, 15) is 14.9 Å². The molecule has 0 amide bonds. The second-order valence-corrected chi connectivity index (χ2v) is 9.42. The molecule has 1 heterocycles. The van der Waals surface area contributed by atoms with Gasteiger partial charge in [-0.3, -0.25) is 14.9 Å². The number of fused-ring (bicyclic) bond motifs is 1. The summed E-state index contributed by atoms with van der Waals surface area (Å²) >= 11 is 6.89. The molecule has 0 unspecified atom stereocenters. The number of nitro groups is 1. The summed E-state index contributed by atoms with van der Waals surface area (Å²) in [4.78, 5) is 28.3. The Kier molecular flexibility index (Phi) is 7.80. The molecule has 0 bridgehead atoms. The van der Waals surface area contributed by atoms with Crippen molar-refractivity contribution in [2.75, 3.05) is 7.11 Å². The van der Waals surface area contributed by atoms with Crippen molar-refractivity contribution in [3.8, 4) is 11.5 Å². The summed E-state index contributed by atoms with van der Waals surface area (Å²) in [6.45, 7) is 2.02. The van der Waals surface area contributed by atoms with Crippen molar-refractivity contribution in [3.63, 3.8) is 0 Å². The largest absolute Gasteiger partial charge is 0.493 e. The van der Waals surface area contributed by atoms with Crippen LogP contribution in [0.5, 0.6) is 11.5 Å². The second-order valence-electron chi connectivity index (χ2n) is 7.65. The molecule has 0 aliphatic carbocycles. The highest BCUT2D eigenvalue weighted by Crippen LogP contribution is 2.37. The van der Waals surface area contributed by atoms with E-state index >= 15 is 0 Å². The van der Waals surface area contributed by atoms with E-state index < -0.39 is 4.92 Å². The van der Waals surface area contributed by atoms with Gasteiger partial charge < -0.3 is 9.47 Å². The number of rotatable bonds is 8. The van der Waals surface area contributed by atoms with E-state index in [1.165, 1.54) is 23.9 Å².